The molecule has 7 heteroatoms. The topological polar surface area (TPSA) is 81.8 Å². The number of aromatic carboxylic acids is 1. The number of carboxylic acid groups (broad SMARTS) is 1. The minimum atomic E-state index is -2.23. The fourth-order valence-corrected chi connectivity index (χ4v) is 9.65. The fraction of sp³-hybridized carbons (Fsp3) is 0.458. The molecule has 0 bridgehead atoms. The Labute approximate surface area is 185 Å². The number of benzene rings is 2. The van der Waals surface area contributed by atoms with Gasteiger partial charge in [0.05, 0.1) is 17.9 Å². The fourth-order valence-electron chi connectivity index (χ4n) is 4.40. The van der Waals surface area contributed by atoms with Gasteiger partial charge in [-0.25, -0.2) is 9.18 Å². The normalized spacial score (nSPS) is 11.9. The number of hydrogen-bond donors (Lipinski definition) is 2. The van der Waals surface area contributed by atoms with Gasteiger partial charge in [-0.15, -0.1) is 0 Å². The largest absolute Gasteiger partial charge is 0.541 e. The van der Waals surface area contributed by atoms with Gasteiger partial charge >= 0.3 is 5.97 Å². The van der Waals surface area contributed by atoms with Crippen LogP contribution in [0.2, 0.25) is 16.6 Å². The summed E-state index contributed by atoms with van der Waals surface area (Å²) in [6.45, 7) is 13.3. The molecule has 0 aliphatic heterocycles. The molecule has 0 aliphatic rings. The first kappa shape index (κ1) is 24.7. The van der Waals surface area contributed by atoms with E-state index in [0.717, 1.165) is 5.56 Å². The zero-order valence-corrected chi connectivity index (χ0v) is 20.2. The molecule has 0 radical (unpaired) electrons. The van der Waals surface area contributed by atoms with E-state index >= 15 is 0 Å². The summed E-state index contributed by atoms with van der Waals surface area (Å²) in [7, 11) is -2.23. The molecule has 3 N–H and O–H groups in total. The number of ether oxygens (including phenoxy) is 1. The molecule has 0 saturated heterocycles. The molecule has 170 valence electrons. The molecular weight excluding hydrogens is 413 g/mol. The highest BCUT2D eigenvalue weighted by molar-refractivity contribution is 6.78. The molecule has 0 unspecified atom stereocenters. The number of halogens is 1. The average Bonchev–Trinajstić information content (AvgIpc) is 2.67. The summed E-state index contributed by atoms with van der Waals surface area (Å²) >= 11 is 0. The van der Waals surface area contributed by atoms with E-state index in [4.69, 9.17) is 20.0 Å². The molecule has 2 aromatic rings. The number of rotatable bonds is 10. The summed E-state index contributed by atoms with van der Waals surface area (Å²) < 4.78 is 27.0. The maximum atomic E-state index is 14.9. The van der Waals surface area contributed by atoms with Gasteiger partial charge in [0.25, 0.3) is 8.32 Å². The Morgan fingerprint density at radius 3 is 2.13 bits per heavy atom. The summed E-state index contributed by atoms with van der Waals surface area (Å²) in [6, 6.07) is 9.35. The van der Waals surface area contributed by atoms with E-state index in [1.54, 1.807) is 6.07 Å². The molecular formula is C24H34FNO4Si. The number of nitrogens with two attached hydrogens (primary N) is 1. The van der Waals surface area contributed by atoms with Crippen molar-refractivity contribution in [2.75, 3.05) is 12.3 Å². The third-order valence-corrected chi connectivity index (χ3v) is 11.9. The number of carbonyl (C=O) groups is 1. The van der Waals surface area contributed by atoms with E-state index in [1.165, 1.54) is 24.3 Å². The molecule has 2 aromatic carbocycles. The van der Waals surface area contributed by atoms with Crippen molar-refractivity contribution in [2.45, 2.75) is 64.6 Å². The van der Waals surface area contributed by atoms with Crippen molar-refractivity contribution in [3.63, 3.8) is 0 Å². The number of nitrogen functional groups attached to an aromatic ring is 1. The van der Waals surface area contributed by atoms with Crippen molar-refractivity contribution in [3.05, 3.63) is 53.3 Å². The first-order valence-electron chi connectivity index (χ1n) is 10.7. The highest BCUT2D eigenvalue weighted by Crippen LogP contribution is 2.43. The second-order valence-electron chi connectivity index (χ2n) is 8.84. The van der Waals surface area contributed by atoms with E-state index in [9.17, 15) is 9.18 Å². The molecule has 5 nitrogen and oxygen atoms in total. The monoisotopic (exact) mass is 447 g/mol. The standard InChI is InChI=1S/C24H34FNO4Si/c1-15(2)31(16(3)4,17(5)6)30-22-10-7-18(13-20(22)25)11-12-29-23-14-19(24(27)28)8-9-21(23)26/h7-10,13-17H,11-12,26H2,1-6H3,(H,27,28). The first-order chi connectivity index (χ1) is 14.5. The third kappa shape index (κ3) is 5.58. The van der Waals surface area contributed by atoms with Gasteiger partial charge in [0.1, 0.15) is 11.5 Å². The van der Waals surface area contributed by atoms with Gasteiger partial charge in [-0.05, 0) is 52.5 Å². The SMILES string of the molecule is CC(C)[Si](Oc1ccc(CCOc2cc(C(=O)O)ccc2N)cc1F)(C(C)C)C(C)C. The van der Waals surface area contributed by atoms with Crippen molar-refractivity contribution in [2.24, 2.45) is 0 Å². The van der Waals surface area contributed by atoms with Crippen LogP contribution in [-0.2, 0) is 6.42 Å². The Kier molecular flexibility index (Phi) is 8.12. The van der Waals surface area contributed by atoms with Crippen LogP contribution in [0.25, 0.3) is 0 Å². The second kappa shape index (κ2) is 10.2. The quantitative estimate of drug-likeness (QED) is 0.331. The Balaban J connectivity index is 2.11. The third-order valence-electron chi connectivity index (χ3n) is 5.90. The minimum absolute atomic E-state index is 0.102. The van der Waals surface area contributed by atoms with E-state index in [0.29, 0.717) is 40.2 Å². The van der Waals surface area contributed by atoms with Crippen LogP contribution in [-0.4, -0.2) is 26.0 Å². The maximum Gasteiger partial charge on any atom is 0.335 e. The molecule has 0 amide bonds. The van der Waals surface area contributed by atoms with Gasteiger partial charge in [-0.2, -0.15) is 0 Å². The van der Waals surface area contributed by atoms with Crippen LogP contribution < -0.4 is 14.9 Å². The van der Waals surface area contributed by atoms with Crippen LogP contribution in [0.15, 0.2) is 36.4 Å². The van der Waals surface area contributed by atoms with E-state index in [-0.39, 0.29) is 18.0 Å². The van der Waals surface area contributed by atoms with Gasteiger partial charge in [0.15, 0.2) is 5.82 Å². The van der Waals surface area contributed by atoms with Crippen LogP contribution in [0, 0.1) is 5.82 Å². The van der Waals surface area contributed by atoms with E-state index in [2.05, 4.69) is 41.5 Å². The lowest BCUT2D eigenvalue weighted by Crippen LogP contribution is -2.50. The molecule has 0 aromatic heterocycles. The first-order valence-corrected chi connectivity index (χ1v) is 12.9. The van der Waals surface area contributed by atoms with Crippen molar-refractivity contribution >= 4 is 20.0 Å². The van der Waals surface area contributed by atoms with Crippen LogP contribution in [0.3, 0.4) is 0 Å². The smallest absolute Gasteiger partial charge is 0.335 e. The summed E-state index contributed by atoms with van der Waals surface area (Å²) in [4.78, 5) is 11.1. The van der Waals surface area contributed by atoms with Gasteiger partial charge in [-0.1, -0.05) is 47.6 Å². The Morgan fingerprint density at radius 2 is 1.61 bits per heavy atom. The van der Waals surface area contributed by atoms with E-state index in [1.807, 2.05) is 6.07 Å². The van der Waals surface area contributed by atoms with E-state index < -0.39 is 14.3 Å². The Hall–Kier alpha value is -2.54. The summed E-state index contributed by atoms with van der Waals surface area (Å²) in [5.74, 6) is -0.803. The van der Waals surface area contributed by atoms with Crippen molar-refractivity contribution in [1.29, 1.82) is 0 Å². The molecule has 0 aliphatic carbocycles. The van der Waals surface area contributed by atoms with Crippen molar-refractivity contribution in [1.82, 2.24) is 0 Å². The minimum Gasteiger partial charge on any atom is -0.541 e. The van der Waals surface area contributed by atoms with Gasteiger partial charge < -0.3 is 20.0 Å². The zero-order chi connectivity index (χ0) is 23.3. The molecule has 0 saturated carbocycles. The Morgan fingerprint density at radius 1 is 1.00 bits per heavy atom. The lowest BCUT2D eigenvalue weighted by molar-refractivity contribution is 0.0696. The molecule has 0 spiro atoms. The maximum absolute atomic E-state index is 14.9. The summed E-state index contributed by atoms with van der Waals surface area (Å²) in [5.41, 5.74) is 8.14. The molecule has 0 heterocycles. The summed E-state index contributed by atoms with van der Waals surface area (Å²) in [6.07, 6.45) is 0.453. The highest BCUT2D eigenvalue weighted by atomic mass is 28.4. The predicted octanol–water partition coefficient (Wildman–Crippen LogP) is 6.28. The molecule has 31 heavy (non-hydrogen) atoms. The van der Waals surface area contributed by atoms with Crippen LogP contribution >= 0.6 is 0 Å². The molecule has 0 atom stereocenters. The number of hydrogen-bond acceptors (Lipinski definition) is 4. The van der Waals surface area contributed by atoms with Crippen molar-refractivity contribution in [3.8, 4) is 11.5 Å². The van der Waals surface area contributed by atoms with Gasteiger partial charge in [-0.3, -0.25) is 0 Å². The van der Waals surface area contributed by atoms with Crippen LogP contribution in [0.4, 0.5) is 10.1 Å². The average molecular weight is 448 g/mol. The number of anilines is 1. The Bertz CT molecular complexity index is 893. The lowest BCUT2D eigenvalue weighted by Gasteiger charge is -2.42. The second-order valence-corrected chi connectivity index (χ2v) is 14.2. The molecule has 0 fully saturated rings. The predicted molar refractivity (Wildman–Crippen MR) is 125 cm³/mol. The lowest BCUT2D eigenvalue weighted by atomic mass is 10.1. The van der Waals surface area contributed by atoms with Gasteiger partial charge in [0.2, 0.25) is 0 Å². The van der Waals surface area contributed by atoms with Crippen LogP contribution in [0.5, 0.6) is 11.5 Å². The summed E-state index contributed by atoms with van der Waals surface area (Å²) in [5, 5.41) is 9.10. The highest BCUT2D eigenvalue weighted by Gasteiger charge is 2.47. The number of carboxylic acids is 1. The van der Waals surface area contributed by atoms with Crippen LogP contribution in [0.1, 0.15) is 57.5 Å². The van der Waals surface area contributed by atoms with Crippen molar-refractivity contribution < 1.29 is 23.5 Å². The van der Waals surface area contributed by atoms with Gasteiger partial charge in [0, 0.05) is 6.42 Å². The zero-order valence-electron chi connectivity index (χ0n) is 19.2. The molecule has 2 rings (SSSR count).